The molecule has 1 fully saturated rings. The molecule has 0 spiro atoms. The van der Waals surface area contributed by atoms with Gasteiger partial charge in [0.1, 0.15) is 0 Å². The highest BCUT2D eigenvalue weighted by Gasteiger charge is 2.24. The molecule has 3 heteroatoms. The molecule has 0 unspecified atom stereocenters. The Balaban J connectivity index is 1.89. The molecule has 3 nitrogen and oxygen atoms in total. The van der Waals surface area contributed by atoms with E-state index in [1.54, 1.807) is 0 Å². The lowest BCUT2D eigenvalue weighted by Crippen LogP contribution is -2.47. The van der Waals surface area contributed by atoms with E-state index in [2.05, 4.69) is 6.92 Å². The number of piperidine rings is 1. The molecule has 0 saturated carbocycles. The highest BCUT2D eigenvalue weighted by molar-refractivity contribution is 5.82. The van der Waals surface area contributed by atoms with Crippen LogP contribution in [-0.4, -0.2) is 29.9 Å². The lowest BCUT2D eigenvalue weighted by Gasteiger charge is -2.32. The quantitative estimate of drug-likeness (QED) is 0.884. The van der Waals surface area contributed by atoms with Crippen molar-refractivity contribution in [2.24, 2.45) is 11.7 Å². The number of likely N-dealkylation sites (tertiary alicyclic amines) is 1. The van der Waals surface area contributed by atoms with Gasteiger partial charge in [0.15, 0.2) is 0 Å². The first-order chi connectivity index (χ1) is 8.66. The van der Waals surface area contributed by atoms with Crippen LogP contribution in [0.5, 0.6) is 0 Å². The first kappa shape index (κ1) is 13.1. The minimum Gasteiger partial charge on any atom is -0.341 e. The lowest BCUT2D eigenvalue weighted by atomic mass is 9.98. The number of hydrogen-bond donors (Lipinski definition) is 1. The monoisotopic (exact) mass is 246 g/mol. The van der Waals surface area contributed by atoms with Crippen molar-refractivity contribution in [3.63, 3.8) is 0 Å². The highest BCUT2D eigenvalue weighted by Crippen LogP contribution is 2.17. The summed E-state index contributed by atoms with van der Waals surface area (Å²) >= 11 is 0. The van der Waals surface area contributed by atoms with Crippen LogP contribution in [0.3, 0.4) is 0 Å². The first-order valence-corrected chi connectivity index (χ1v) is 6.75. The lowest BCUT2D eigenvalue weighted by molar-refractivity contribution is -0.133. The van der Waals surface area contributed by atoms with Crippen molar-refractivity contribution < 1.29 is 4.79 Å². The fraction of sp³-hybridized carbons (Fsp3) is 0.533. The number of benzene rings is 1. The van der Waals surface area contributed by atoms with Crippen LogP contribution in [-0.2, 0) is 11.2 Å². The van der Waals surface area contributed by atoms with Gasteiger partial charge in [-0.3, -0.25) is 4.79 Å². The molecule has 0 aliphatic carbocycles. The molecule has 98 valence electrons. The second-order valence-electron chi connectivity index (χ2n) is 5.30. The fourth-order valence-corrected chi connectivity index (χ4v) is 2.42. The molecule has 0 bridgehead atoms. The van der Waals surface area contributed by atoms with Gasteiger partial charge in [-0.15, -0.1) is 0 Å². The average Bonchev–Trinajstić information content (AvgIpc) is 2.40. The number of carbonyl (C=O) groups is 1. The number of amides is 1. The molecule has 1 saturated heterocycles. The summed E-state index contributed by atoms with van der Waals surface area (Å²) in [4.78, 5) is 14.1. The zero-order valence-corrected chi connectivity index (χ0v) is 11.0. The van der Waals surface area contributed by atoms with Gasteiger partial charge >= 0.3 is 0 Å². The fourth-order valence-electron chi connectivity index (χ4n) is 2.42. The Labute approximate surface area is 109 Å². The molecule has 2 rings (SSSR count). The van der Waals surface area contributed by atoms with Gasteiger partial charge in [0.25, 0.3) is 0 Å². The van der Waals surface area contributed by atoms with E-state index in [4.69, 9.17) is 5.73 Å². The molecule has 0 aromatic heterocycles. The maximum Gasteiger partial charge on any atom is 0.239 e. The predicted molar refractivity (Wildman–Crippen MR) is 73.1 cm³/mol. The standard InChI is InChI=1S/C15H22N2O/c1-12-7-9-17(10-8-12)15(18)14(16)11-13-5-3-2-4-6-13/h2-6,12,14H,7-11,16H2,1H3/t14-/m0/s1. The number of carbonyl (C=O) groups excluding carboxylic acids is 1. The van der Waals surface area contributed by atoms with Crippen LogP contribution in [0.1, 0.15) is 25.3 Å². The van der Waals surface area contributed by atoms with Crippen LogP contribution >= 0.6 is 0 Å². The average molecular weight is 246 g/mol. The SMILES string of the molecule is CC1CCN(C(=O)[C@@H](N)Cc2ccccc2)CC1. The third-order valence-electron chi connectivity index (χ3n) is 3.71. The molecule has 1 aliphatic rings. The number of hydrogen-bond acceptors (Lipinski definition) is 2. The van der Waals surface area contributed by atoms with Gasteiger partial charge in [-0.2, -0.15) is 0 Å². The van der Waals surface area contributed by atoms with E-state index < -0.39 is 6.04 Å². The van der Waals surface area contributed by atoms with E-state index in [1.165, 1.54) is 0 Å². The van der Waals surface area contributed by atoms with Crippen molar-refractivity contribution in [2.75, 3.05) is 13.1 Å². The van der Waals surface area contributed by atoms with Gasteiger partial charge in [-0.25, -0.2) is 0 Å². The molecule has 18 heavy (non-hydrogen) atoms. The Hall–Kier alpha value is -1.35. The molecule has 1 heterocycles. The van der Waals surface area contributed by atoms with Gasteiger partial charge < -0.3 is 10.6 Å². The molecule has 2 N–H and O–H groups in total. The Morgan fingerprint density at radius 2 is 1.94 bits per heavy atom. The van der Waals surface area contributed by atoms with Crippen molar-refractivity contribution in [2.45, 2.75) is 32.2 Å². The molecule has 1 aromatic carbocycles. The van der Waals surface area contributed by atoms with Crippen molar-refractivity contribution >= 4 is 5.91 Å². The van der Waals surface area contributed by atoms with E-state index >= 15 is 0 Å². The largest absolute Gasteiger partial charge is 0.341 e. The Bertz CT molecular complexity index is 383. The second kappa shape index (κ2) is 6.01. The van der Waals surface area contributed by atoms with Gasteiger partial charge in [0, 0.05) is 13.1 Å². The highest BCUT2D eigenvalue weighted by atomic mass is 16.2. The van der Waals surface area contributed by atoms with Gasteiger partial charge in [0.05, 0.1) is 6.04 Å². The summed E-state index contributed by atoms with van der Waals surface area (Å²) in [5, 5.41) is 0. The molecule has 1 amide bonds. The summed E-state index contributed by atoms with van der Waals surface area (Å²) in [7, 11) is 0. The topological polar surface area (TPSA) is 46.3 Å². The molecular weight excluding hydrogens is 224 g/mol. The van der Waals surface area contributed by atoms with E-state index in [1.807, 2.05) is 35.2 Å². The Morgan fingerprint density at radius 3 is 2.56 bits per heavy atom. The predicted octanol–water partition coefficient (Wildman–Crippen LogP) is 1.81. The molecule has 0 radical (unpaired) electrons. The number of rotatable bonds is 3. The summed E-state index contributed by atoms with van der Waals surface area (Å²) < 4.78 is 0. The molecule has 1 atom stereocenters. The Kier molecular flexibility index (Phi) is 4.37. The van der Waals surface area contributed by atoms with Crippen molar-refractivity contribution in [1.82, 2.24) is 4.90 Å². The molecule has 1 aliphatic heterocycles. The number of nitrogens with zero attached hydrogens (tertiary/aromatic N) is 1. The minimum absolute atomic E-state index is 0.103. The van der Waals surface area contributed by atoms with E-state index in [0.717, 1.165) is 37.4 Å². The van der Waals surface area contributed by atoms with E-state index in [0.29, 0.717) is 6.42 Å². The summed E-state index contributed by atoms with van der Waals surface area (Å²) in [6.45, 7) is 3.97. The van der Waals surface area contributed by atoms with Crippen LogP contribution in [0.2, 0.25) is 0 Å². The van der Waals surface area contributed by atoms with Gasteiger partial charge in [-0.1, -0.05) is 37.3 Å². The second-order valence-corrected chi connectivity index (χ2v) is 5.30. The van der Waals surface area contributed by atoms with Crippen LogP contribution in [0, 0.1) is 5.92 Å². The first-order valence-electron chi connectivity index (χ1n) is 6.75. The normalized spacial score (nSPS) is 18.7. The van der Waals surface area contributed by atoms with Crippen molar-refractivity contribution in [3.8, 4) is 0 Å². The van der Waals surface area contributed by atoms with Crippen molar-refractivity contribution in [1.29, 1.82) is 0 Å². The van der Waals surface area contributed by atoms with Crippen molar-refractivity contribution in [3.05, 3.63) is 35.9 Å². The van der Waals surface area contributed by atoms with Crippen LogP contribution < -0.4 is 5.73 Å². The summed E-state index contributed by atoms with van der Waals surface area (Å²) in [6, 6.07) is 9.57. The summed E-state index contributed by atoms with van der Waals surface area (Å²) in [5.41, 5.74) is 7.15. The third kappa shape index (κ3) is 3.33. The zero-order chi connectivity index (χ0) is 13.0. The zero-order valence-electron chi connectivity index (χ0n) is 11.0. The van der Waals surface area contributed by atoms with Crippen LogP contribution in [0.25, 0.3) is 0 Å². The van der Waals surface area contributed by atoms with Crippen LogP contribution in [0.4, 0.5) is 0 Å². The maximum atomic E-state index is 12.2. The summed E-state index contributed by atoms with van der Waals surface area (Å²) in [5.74, 6) is 0.838. The minimum atomic E-state index is -0.402. The number of nitrogens with two attached hydrogens (primary N) is 1. The Morgan fingerprint density at radius 1 is 1.33 bits per heavy atom. The molecule has 1 aromatic rings. The summed E-state index contributed by atoms with van der Waals surface area (Å²) in [6.07, 6.45) is 2.83. The molecular formula is C15H22N2O. The third-order valence-corrected chi connectivity index (χ3v) is 3.71. The van der Waals surface area contributed by atoms with Gasteiger partial charge in [0.2, 0.25) is 5.91 Å². The van der Waals surface area contributed by atoms with E-state index in [9.17, 15) is 4.79 Å². The van der Waals surface area contributed by atoms with Gasteiger partial charge in [-0.05, 0) is 30.7 Å². The van der Waals surface area contributed by atoms with Crippen LogP contribution in [0.15, 0.2) is 30.3 Å². The smallest absolute Gasteiger partial charge is 0.239 e. The van der Waals surface area contributed by atoms with E-state index in [-0.39, 0.29) is 5.91 Å². The maximum absolute atomic E-state index is 12.2.